The van der Waals surface area contributed by atoms with Gasteiger partial charge in [0.05, 0.1) is 20.3 Å². The molecule has 0 aromatic heterocycles. The van der Waals surface area contributed by atoms with E-state index in [0.29, 0.717) is 13.2 Å². The number of hydrogen-bond acceptors (Lipinski definition) is 3. The smallest absolute Gasteiger partial charge is 0.126 e. The minimum atomic E-state index is 0.119. The van der Waals surface area contributed by atoms with Gasteiger partial charge in [0.1, 0.15) is 17.6 Å². The van der Waals surface area contributed by atoms with Crippen molar-refractivity contribution in [2.24, 2.45) is 0 Å². The summed E-state index contributed by atoms with van der Waals surface area (Å²) in [4.78, 5) is 0. The lowest BCUT2D eigenvalue weighted by Gasteiger charge is -2.27. The predicted octanol–water partition coefficient (Wildman–Crippen LogP) is 3.61. The highest BCUT2D eigenvalue weighted by molar-refractivity contribution is 5.46. The van der Waals surface area contributed by atoms with Gasteiger partial charge < -0.3 is 14.2 Å². The fourth-order valence-electron chi connectivity index (χ4n) is 2.64. The van der Waals surface area contributed by atoms with Gasteiger partial charge in [-0.05, 0) is 30.5 Å². The number of methoxy groups -OCH3 is 1. The number of fused-ring (bicyclic) bond motifs is 1. The average molecular weight is 284 g/mol. The summed E-state index contributed by atoms with van der Waals surface area (Å²) in [5.41, 5.74) is 2.36. The van der Waals surface area contributed by atoms with E-state index in [1.807, 2.05) is 36.4 Å². The highest BCUT2D eigenvalue weighted by Crippen LogP contribution is 2.34. The van der Waals surface area contributed by atoms with Crippen LogP contribution in [0.3, 0.4) is 0 Å². The van der Waals surface area contributed by atoms with Crippen LogP contribution in [0.1, 0.15) is 17.5 Å². The van der Waals surface area contributed by atoms with Crippen LogP contribution in [0.2, 0.25) is 0 Å². The summed E-state index contributed by atoms with van der Waals surface area (Å²) in [6, 6.07) is 16.2. The molecule has 0 radical (unpaired) electrons. The lowest BCUT2D eigenvalue weighted by atomic mass is 10.0. The lowest BCUT2D eigenvalue weighted by Crippen LogP contribution is -2.27. The second-order valence-electron chi connectivity index (χ2n) is 5.22. The van der Waals surface area contributed by atoms with E-state index in [-0.39, 0.29) is 6.10 Å². The maximum atomic E-state index is 6.01. The molecular weight excluding hydrogens is 264 g/mol. The Hall–Kier alpha value is -2.00. The van der Waals surface area contributed by atoms with Gasteiger partial charge in [-0.3, -0.25) is 0 Å². The first kappa shape index (κ1) is 14.0. The number of hydrogen-bond donors (Lipinski definition) is 0. The van der Waals surface area contributed by atoms with Gasteiger partial charge in [0, 0.05) is 5.56 Å². The van der Waals surface area contributed by atoms with Crippen molar-refractivity contribution in [3.05, 3.63) is 59.7 Å². The third-order valence-corrected chi connectivity index (χ3v) is 3.74. The van der Waals surface area contributed by atoms with E-state index >= 15 is 0 Å². The Morgan fingerprint density at radius 3 is 2.76 bits per heavy atom. The zero-order chi connectivity index (χ0) is 14.5. The maximum absolute atomic E-state index is 6.01. The van der Waals surface area contributed by atoms with Crippen molar-refractivity contribution < 1.29 is 14.2 Å². The molecule has 1 aliphatic rings. The molecule has 21 heavy (non-hydrogen) atoms. The van der Waals surface area contributed by atoms with Crippen LogP contribution in [-0.2, 0) is 17.8 Å². The van der Waals surface area contributed by atoms with Crippen LogP contribution < -0.4 is 9.47 Å². The third kappa shape index (κ3) is 3.37. The number of rotatable bonds is 5. The SMILES string of the molecule is COc1cccc2c1CC[C@H](COCc1ccccc1)O2. The van der Waals surface area contributed by atoms with E-state index in [4.69, 9.17) is 14.2 Å². The molecule has 0 amide bonds. The molecule has 1 heterocycles. The number of ether oxygens (including phenoxy) is 3. The summed E-state index contributed by atoms with van der Waals surface area (Å²) in [6.07, 6.45) is 2.05. The monoisotopic (exact) mass is 284 g/mol. The first-order valence-electron chi connectivity index (χ1n) is 7.31. The van der Waals surface area contributed by atoms with Crippen LogP contribution in [0.15, 0.2) is 48.5 Å². The molecule has 110 valence electrons. The second kappa shape index (κ2) is 6.64. The van der Waals surface area contributed by atoms with Crippen molar-refractivity contribution in [1.29, 1.82) is 0 Å². The van der Waals surface area contributed by atoms with Crippen molar-refractivity contribution in [3.8, 4) is 11.5 Å². The molecule has 0 fully saturated rings. The van der Waals surface area contributed by atoms with Crippen LogP contribution in [-0.4, -0.2) is 19.8 Å². The van der Waals surface area contributed by atoms with Crippen molar-refractivity contribution in [2.45, 2.75) is 25.6 Å². The summed E-state index contributed by atoms with van der Waals surface area (Å²) >= 11 is 0. The normalized spacial score (nSPS) is 16.9. The quantitative estimate of drug-likeness (QED) is 0.839. The topological polar surface area (TPSA) is 27.7 Å². The molecule has 0 unspecified atom stereocenters. The van der Waals surface area contributed by atoms with Crippen molar-refractivity contribution in [3.63, 3.8) is 0 Å². The van der Waals surface area contributed by atoms with E-state index in [9.17, 15) is 0 Å². The van der Waals surface area contributed by atoms with Gasteiger partial charge in [0.25, 0.3) is 0 Å². The minimum Gasteiger partial charge on any atom is -0.496 e. The number of benzene rings is 2. The van der Waals surface area contributed by atoms with Gasteiger partial charge in [-0.1, -0.05) is 36.4 Å². The highest BCUT2D eigenvalue weighted by atomic mass is 16.5. The molecule has 2 aromatic carbocycles. The predicted molar refractivity (Wildman–Crippen MR) is 81.8 cm³/mol. The van der Waals surface area contributed by atoms with E-state index in [2.05, 4.69) is 12.1 Å². The lowest BCUT2D eigenvalue weighted by molar-refractivity contribution is 0.0313. The fourth-order valence-corrected chi connectivity index (χ4v) is 2.64. The summed E-state index contributed by atoms with van der Waals surface area (Å²) in [5.74, 6) is 1.84. The van der Waals surface area contributed by atoms with Gasteiger partial charge in [-0.25, -0.2) is 0 Å². The van der Waals surface area contributed by atoms with E-state index in [1.165, 1.54) is 11.1 Å². The van der Waals surface area contributed by atoms with Gasteiger partial charge in [-0.15, -0.1) is 0 Å². The van der Waals surface area contributed by atoms with Crippen molar-refractivity contribution in [2.75, 3.05) is 13.7 Å². The Bertz CT molecular complexity index is 580. The molecule has 3 nitrogen and oxygen atoms in total. The first-order valence-corrected chi connectivity index (χ1v) is 7.31. The molecule has 2 aromatic rings. The summed E-state index contributed by atoms with van der Waals surface area (Å²) in [5, 5.41) is 0. The van der Waals surface area contributed by atoms with Gasteiger partial charge in [0.15, 0.2) is 0 Å². The molecule has 0 N–H and O–H groups in total. The van der Waals surface area contributed by atoms with Crippen LogP contribution in [0.4, 0.5) is 0 Å². The fraction of sp³-hybridized carbons (Fsp3) is 0.333. The van der Waals surface area contributed by atoms with Crippen molar-refractivity contribution >= 4 is 0 Å². The molecule has 3 heteroatoms. The first-order chi connectivity index (χ1) is 10.4. The van der Waals surface area contributed by atoms with Crippen LogP contribution >= 0.6 is 0 Å². The maximum Gasteiger partial charge on any atom is 0.126 e. The Morgan fingerprint density at radius 2 is 1.95 bits per heavy atom. The zero-order valence-corrected chi connectivity index (χ0v) is 12.2. The molecule has 1 aliphatic heterocycles. The molecular formula is C18H20O3. The van der Waals surface area contributed by atoms with Gasteiger partial charge in [-0.2, -0.15) is 0 Å². The van der Waals surface area contributed by atoms with Crippen LogP contribution in [0.5, 0.6) is 11.5 Å². The Morgan fingerprint density at radius 1 is 1.10 bits per heavy atom. The van der Waals surface area contributed by atoms with Crippen molar-refractivity contribution in [1.82, 2.24) is 0 Å². The summed E-state index contributed by atoms with van der Waals surface area (Å²) < 4.78 is 17.2. The van der Waals surface area contributed by atoms with E-state index < -0.39 is 0 Å². The molecule has 1 atom stereocenters. The summed E-state index contributed by atoms with van der Waals surface area (Å²) in [7, 11) is 1.70. The molecule has 0 spiro atoms. The largest absolute Gasteiger partial charge is 0.496 e. The minimum absolute atomic E-state index is 0.119. The highest BCUT2D eigenvalue weighted by Gasteiger charge is 2.22. The average Bonchev–Trinajstić information content (AvgIpc) is 2.55. The Labute approximate surface area is 125 Å². The molecule has 0 saturated heterocycles. The standard InChI is InChI=1S/C18H20O3/c1-19-17-8-5-9-18-16(17)11-10-15(21-18)13-20-12-14-6-3-2-4-7-14/h2-9,15H,10-13H2,1H3/t15-/m1/s1. The molecule has 3 rings (SSSR count). The Balaban J connectivity index is 1.55. The molecule has 0 aliphatic carbocycles. The van der Waals surface area contributed by atoms with Gasteiger partial charge >= 0.3 is 0 Å². The zero-order valence-electron chi connectivity index (χ0n) is 12.2. The van der Waals surface area contributed by atoms with Crippen LogP contribution in [0, 0.1) is 0 Å². The van der Waals surface area contributed by atoms with E-state index in [1.54, 1.807) is 7.11 Å². The second-order valence-corrected chi connectivity index (χ2v) is 5.22. The third-order valence-electron chi connectivity index (χ3n) is 3.74. The molecule has 0 bridgehead atoms. The molecule has 0 saturated carbocycles. The summed E-state index contributed by atoms with van der Waals surface area (Å²) in [6.45, 7) is 1.25. The van der Waals surface area contributed by atoms with Crippen LogP contribution in [0.25, 0.3) is 0 Å². The Kier molecular flexibility index (Phi) is 4.41. The van der Waals surface area contributed by atoms with E-state index in [0.717, 1.165) is 24.3 Å². The van der Waals surface area contributed by atoms with Gasteiger partial charge in [0.2, 0.25) is 0 Å².